The molecule has 0 aromatic heterocycles. The van der Waals surface area contributed by atoms with Crippen molar-refractivity contribution in [1.29, 1.82) is 0 Å². The number of carbonyl (C=O) groups is 1. The molecule has 4 nitrogen and oxygen atoms in total. The minimum absolute atomic E-state index is 0.0149. The Kier molecular flexibility index (Phi) is 5.49. The average molecular weight is 323 g/mol. The Morgan fingerprint density at radius 1 is 1.12 bits per heavy atom. The molecule has 24 heavy (non-hydrogen) atoms. The van der Waals surface area contributed by atoms with Gasteiger partial charge < -0.3 is 10.6 Å². The molecule has 1 fully saturated rings. The van der Waals surface area contributed by atoms with Crippen molar-refractivity contribution < 1.29 is 4.79 Å². The zero-order valence-corrected chi connectivity index (χ0v) is 14.2. The van der Waals surface area contributed by atoms with Crippen LogP contribution in [-0.2, 0) is 6.54 Å². The van der Waals surface area contributed by atoms with Crippen molar-refractivity contribution in [2.75, 3.05) is 25.0 Å². The SMILES string of the molecule is CCNC(=O)c1ccc(NC2CCN(Cc3ccccc3)C2)cc1. The molecular formula is C20H25N3O. The highest BCUT2D eigenvalue weighted by molar-refractivity contribution is 5.94. The fourth-order valence-electron chi connectivity index (χ4n) is 3.15. The summed E-state index contributed by atoms with van der Waals surface area (Å²) >= 11 is 0. The second-order valence-electron chi connectivity index (χ2n) is 6.29. The van der Waals surface area contributed by atoms with Gasteiger partial charge in [-0.25, -0.2) is 0 Å². The Hall–Kier alpha value is -2.33. The molecular weight excluding hydrogens is 298 g/mol. The number of likely N-dealkylation sites (tertiary alicyclic amines) is 1. The summed E-state index contributed by atoms with van der Waals surface area (Å²) in [5.41, 5.74) is 3.15. The third-order valence-electron chi connectivity index (χ3n) is 4.38. The van der Waals surface area contributed by atoms with Crippen LogP contribution in [0.25, 0.3) is 0 Å². The molecule has 126 valence electrons. The van der Waals surface area contributed by atoms with Crippen LogP contribution < -0.4 is 10.6 Å². The predicted octanol–water partition coefficient (Wildman–Crippen LogP) is 3.12. The molecule has 3 rings (SSSR count). The molecule has 0 radical (unpaired) electrons. The number of anilines is 1. The van der Waals surface area contributed by atoms with Gasteiger partial charge in [-0.05, 0) is 43.2 Å². The minimum Gasteiger partial charge on any atom is -0.381 e. The molecule has 1 saturated heterocycles. The predicted molar refractivity (Wildman–Crippen MR) is 98.2 cm³/mol. The first-order valence-corrected chi connectivity index (χ1v) is 8.65. The molecule has 1 heterocycles. The third kappa shape index (κ3) is 4.36. The molecule has 2 aromatic rings. The summed E-state index contributed by atoms with van der Waals surface area (Å²) in [6.07, 6.45) is 1.14. The van der Waals surface area contributed by atoms with Crippen molar-refractivity contribution in [2.24, 2.45) is 0 Å². The number of hydrogen-bond donors (Lipinski definition) is 2. The van der Waals surface area contributed by atoms with Gasteiger partial charge in [0.1, 0.15) is 0 Å². The molecule has 1 amide bonds. The summed E-state index contributed by atoms with van der Waals surface area (Å²) in [7, 11) is 0. The lowest BCUT2D eigenvalue weighted by atomic mass is 10.1. The van der Waals surface area contributed by atoms with Crippen molar-refractivity contribution in [2.45, 2.75) is 25.9 Å². The number of nitrogens with one attached hydrogen (secondary N) is 2. The summed E-state index contributed by atoms with van der Waals surface area (Å²) in [4.78, 5) is 14.3. The van der Waals surface area contributed by atoms with Gasteiger partial charge in [0.05, 0.1) is 0 Å². The van der Waals surface area contributed by atoms with E-state index in [-0.39, 0.29) is 5.91 Å². The van der Waals surface area contributed by atoms with Crippen molar-refractivity contribution in [3.63, 3.8) is 0 Å². The second kappa shape index (κ2) is 7.97. The van der Waals surface area contributed by atoms with Gasteiger partial charge >= 0.3 is 0 Å². The van der Waals surface area contributed by atoms with E-state index in [9.17, 15) is 4.79 Å². The molecule has 0 saturated carbocycles. The fraction of sp³-hybridized carbons (Fsp3) is 0.350. The van der Waals surface area contributed by atoms with Crippen LogP contribution in [0.3, 0.4) is 0 Å². The van der Waals surface area contributed by atoms with E-state index in [1.54, 1.807) is 0 Å². The number of rotatable bonds is 6. The number of amides is 1. The van der Waals surface area contributed by atoms with Crippen molar-refractivity contribution in [3.05, 3.63) is 65.7 Å². The van der Waals surface area contributed by atoms with Gasteiger partial charge in [0.15, 0.2) is 0 Å². The van der Waals surface area contributed by atoms with Crippen LogP contribution in [0.4, 0.5) is 5.69 Å². The molecule has 1 atom stereocenters. The average Bonchev–Trinajstić information content (AvgIpc) is 3.03. The Morgan fingerprint density at radius 2 is 1.88 bits per heavy atom. The van der Waals surface area contributed by atoms with E-state index in [1.165, 1.54) is 5.56 Å². The molecule has 0 spiro atoms. The lowest BCUT2D eigenvalue weighted by Crippen LogP contribution is -2.26. The van der Waals surface area contributed by atoms with Crippen molar-refractivity contribution >= 4 is 11.6 Å². The van der Waals surface area contributed by atoms with Crippen LogP contribution in [0.1, 0.15) is 29.3 Å². The molecule has 1 aliphatic rings. The van der Waals surface area contributed by atoms with Crippen LogP contribution in [0, 0.1) is 0 Å². The number of nitrogens with zero attached hydrogens (tertiary/aromatic N) is 1. The first-order chi connectivity index (χ1) is 11.7. The number of hydrogen-bond acceptors (Lipinski definition) is 3. The zero-order valence-electron chi connectivity index (χ0n) is 14.2. The van der Waals surface area contributed by atoms with Crippen LogP contribution in [0.2, 0.25) is 0 Å². The van der Waals surface area contributed by atoms with Crippen LogP contribution in [0.15, 0.2) is 54.6 Å². The quantitative estimate of drug-likeness (QED) is 0.858. The normalized spacial score (nSPS) is 17.6. The molecule has 0 aliphatic carbocycles. The van der Waals surface area contributed by atoms with E-state index in [2.05, 4.69) is 45.9 Å². The van der Waals surface area contributed by atoms with Crippen LogP contribution in [0.5, 0.6) is 0 Å². The van der Waals surface area contributed by atoms with E-state index in [4.69, 9.17) is 0 Å². The van der Waals surface area contributed by atoms with Crippen molar-refractivity contribution in [1.82, 2.24) is 10.2 Å². The monoisotopic (exact) mass is 323 g/mol. The highest BCUT2D eigenvalue weighted by atomic mass is 16.1. The van der Waals surface area contributed by atoms with E-state index in [1.807, 2.05) is 31.2 Å². The van der Waals surface area contributed by atoms with Gasteiger partial charge in [0.2, 0.25) is 0 Å². The lowest BCUT2D eigenvalue weighted by molar-refractivity contribution is 0.0956. The standard InChI is InChI=1S/C20H25N3O/c1-2-21-20(24)17-8-10-18(11-9-17)22-19-12-13-23(15-19)14-16-6-4-3-5-7-16/h3-11,19,22H,2,12-15H2,1H3,(H,21,24). The lowest BCUT2D eigenvalue weighted by Gasteiger charge is -2.17. The van der Waals surface area contributed by atoms with Crippen LogP contribution in [-0.4, -0.2) is 36.5 Å². The van der Waals surface area contributed by atoms with Gasteiger partial charge in [-0.15, -0.1) is 0 Å². The summed E-state index contributed by atoms with van der Waals surface area (Å²) in [6, 6.07) is 18.8. The summed E-state index contributed by atoms with van der Waals surface area (Å²) in [6.45, 7) is 5.75. The molecule has 2 N–H and O–H groups in total. The Labute approximate surface area is 143 Å². The fourth-order valence-corrected chi connectivity index (χ4v) is 3.15. The van der Waals surface area contributed by atoms with E-state index >= 15 is 0 Å². The highest BCUT2D eigenvalue weighted by Crippen LogP contribution is 2.18. The van der Waals surface area contributed by atoms with Gasteiger partial charge in [-0.1, -0.05) is 30.3 Å². The second-order valence-corrected chi connectivity index (χ2v) is 6.29. The first-order valence-electron chi connectivity index (χ1n) is 8.65. The Balaban J connectivity index is 1.51. The van der Waals surface area contributed by atoms with E-state index in [0.717, 1.165) is 31.7 Å². The van der Waals surface area contributed by atoms with Gasteiger partial charge in [-0.2, -0.15) is 0 Å². The topological polar surface area (TPSA) is 44.4 Å². The molecule has 1 unspecified atom stereocenters. The summed E-state index contributed by atoms with van der Waals surface area (Å²) in [5.74, 6) is -0.0149. The van der Waals surface area contributed by atoms with Crippen molar-refractivity contribution in [3.8, 4) is 0 Å². The minimum atomic E-state index is -0.0149. The number of carbonyl (C=O) groups excluding carboxylic acids is 1. The summed E-state index contributed by atoms with van der Waals surface area (Å²) in [5, 5.41) is 6.40. The van der Waals surface area contributed by atoms with E-state index < -0.39 is 0 Å². The molecule has 0 bridgehead atoms. The smallest absolute Gasteiger partial charge is 0.251 e. The van der Waals surface area contributed by atoms with Gasteiger partial charge in [-0.3, -0.25) is 9.69 Å². The zero-order chi connectivity index (χ0) is 16.8. The summed E-state index contributed by atoms with van der Waals surface area (Å²) < 4.78 is 0. The van der Waals surface area contributed by atoms with Gasteiger partial charge in [0, 0.05) is 43.5 Å². The third-order valence-corrected chi connectivity index (χ3v) is 4.38. The maximum absolute atomic E-state index is 11.8. The molecule has 2 aromatic carbocycles. The molecule has 1 aliphatic heterocycles. The largest absolute Gasteiger partial charge is 0.381 e. The first kappa shape index (κ1) is 16.5. The number of benzene rings is 2. The Morgan fingerprint density at radius 3 is 2.58 bits per heavy atom. The Bertz CT molecular complexity index is 654. The van der Waals surface area contributed by atoms with Crippen LogP contribution >= 0.6 is 0 Å². The maximum atomic E-state index is 11.8. The van der Waals surface area contributed by atoms with Gasteiger partial charge in [0.25, 0.3) is 5.91 Å². The van der Waals surface area contributed by atoms with E-state index in [0.29, 0.717) is 18.2 Å². The maximum Gasteiger partial charge on any atom is 0.251 e. The molecule has 4 heteroatoms. The highest BCUT2D eigenvalue weighted by Gasteiger charge is 2.22.